The molecule has 0 saturated heterocycles. The Labute approximate surface area is 154 Å². The lowest BCUT2D eigenvalue weighted by Gasteiger charge is -2.14. The minimum atomic E-state index is -2.48. The smallest absolute Gasteiger partial charge is 0.425 e. The quantitative estimate of drug-likeness (QED) is 0.228. The van der Waals surface area contributed by atoms with Gasteiger partial charge in [0.25, 0.3) is 0 Å². The van der Waals surface area contributed by atoms with Gasteiger partial charge in [0, 0.05) is 7.85 Å². The van der Waals surface area contributed by atoms with E-state index in [9.17, 15) is 4.53 Å². The summed E-state index contributed by atoms with van der Waals surface area (Å²) in [4.78, 5) is 9.12. The van der Waals surface area contributed by atoms with Crippen LogP contribution in [0.15, 0.2) is 24.3 Å². The molecule has 0 radical (unpaired) electrons. The van der Waals surface area contributed by atoms with E-state index in [2.05, 4.69) is 56.8 Å². The van der Waals surface area contributed by atoms with Crippen molar-refractivity contribution in [2.45, 2.75) is 46.9 Å². The standard InChI is InChI=1S/C14H20FI2O3P/c1-2-12(16)10-13(17)8-5-7-11-6-3-4-9-14(11)19-21(18)20-15/h3-4,6,9,12-13,18H,2,5,7-8,10H2,1H3. The molecule has 0 aliphatic rings. The first kappa shape index (κ1) is 19.8. The molecule has 1 aromatic carbocycles. The Morgan fingerprint density at radius 1 is 1.29 bits per heavy atom. The van der Waals surface area contributed by atoms with Gasteiger partial charge in [0.05, 0.1) is 0 Å². The van der Waals surface area contributed by atoms with E-state index in [0.29, 0.717) is 9.67 Å². The fourth-order valence-corrected chi connectivity index (χ4v) is 4.99. The second-order valence-electron chi connectivity index (χ2n) is 4.74. The molecule has 0 amide bonds. The first-order valence-electron chi connectivity index (χ1n) is 6.88. The van der Waals surface area contributed by atoms with Gasteiger partial charge in [0.15, 0.2) is 0 Å². The number of halogens is 3. The summed E-state index contributed by atoms with van der Waals surface area (Å²) in [5.74, 6) is 0.495. The number of aryl methyl sites for hydroxylation is 1. The Hall–Kier alpha value is 0.760. The van der Waals surface area contributed by atoms with Crippen LogP contribution >= 0.6 is 53.8 Å². The Morgan fingerprint density at radius 2 is 2.00 bits per heavy atom. The van der Waals surface area contributed by atoms with Crippen molar-refractivity contribution in [3.8, 4) is 5.75 Å². The first-order valence-corrected chi connectivity index (χ1v) is 10.5. The molecule has 0 spiro atoms. The predicted octanol–water partition coefficient (Wildman–Crippen LogP) is 5.92. The summed E-state index contributed by atoms with van der Waals surface area (Å²) in [7, 11) is -2.48. The highest BCUT2D eigenvalue weighted by Gasteiger charge is 2.14. The van der Waals surface area contributed by atoms with Crippen LogP contribution in [0.25, 0.3) is 0 Å². The van der Waals surface area contributed by atoms with Gasteiger partial charge >= 0.3 is 8.60 Å². The van der Waals surface area contributed by atoms with Crippen molar-refractivity contribution in [3.05, 3.63) is 29.8 Å². The molecular weight excluding hydrogens is 520 g/mol. The Balaban J connectivity index is 2.44. The van der Waals surface area contributed by atoms with Crippen molar-refractivity contribution in [1.82, 2.24) is 0 Å². The molecule has 3 nitrogen and oxygen atoms in total. The van der Waals surface area contributed by atoms with Crippen LogP contribution in [-0.2, 0) is 11.1 Å². The van der Waals surface area contributed by atoms with E-state index in [1.807, 2.05) is 12.1 Å². The normalized spacial score (nSPS) is 15.5. The van der Waals surface area contributed by atoms with Crippen LogP contribution in [0.4, 0.5) is 4.53 Å². The third-order valence-corrected chi connectivity index (χ3v) is 6.12. The largest absolute Gasteiger partial charge is 0.428 e. The van der Waals surface area contributed by atoms with Crippen molar-refractivity contribution in [3.63, 3.8) is 0 Å². The first-order chi connectivity index (χ1) is 10.1. The number of alkyl halides is 2. The molecule has 0 aliphatic carbocycles. The van der Waals surface area contributed by atoms with Crippen LogP contribution in [0.1, 0.15) is 38.2 Å². The van der Waals surface area contributed by atoms with E-state index in [1.165, 1.54) is 12.8 Å². The summed E-state index contributed by atoms with van der Waals surface area (Å²) in [5, 5.41) is 0. The Kier molecular flexibility index (Phi) is 10.7. The van der Waals surface area contributed by atoms with Crippen LogP contribution < -0.4 is 4.52 Å². The number of hydrogen-bond acceptors (Lipinski definition) is 3. The molecule has 0 heterocycles. The number of benzene rings is 1. The van der Waals surface area contributed by atoms with Crippen molar-refractivity contribution in [1.29, 1.82) is 0 Å². The summed E-state index contributed by atoms with van der Waals surface area (Å²) in [6, 6.07) is 7.37. The molecule has 3 unspecified atom stereocenters. The average Bonchev–Trinajstić information content (AvgIpc) is 2.48. The van der Waals surface area contributed by atoms with Crippen LogP contribution in [0.2, 0.25) is 0 Å². The maximum Gasteiger partial charge on any atom is 0.428 e. The van der Waals surface area contributed by atoms with Gasteiger partial charge in [-0.1, -0.05) is 75.0 Å². The number of rotatable bonds is 10. The topological polar surface area (TPSA) is 38.7 Å². The molecule has 7 heteroatoms. The van der Waals surface area contributed by atoms with Gasteiger partial charge < -0.3 is 9.42 Å². The summed E-state index contributed by atoms with van der Waals surface area (Å²) < 4.78 is 21.6. The highest BCUT2D eigenvalue weighted by Crippen LogP contribution is 2.37. The Morgan fingerprint density at radius 3 is 2.67 bits per heavy atom. The van der Waals surface area contributed by atoms with Gasteiger partial charge in [-0.15, -0.1) is 0 Å². The number of hydrogen-bond donors (Lipinski definition) is 1. The SMILES string of the molecule is CCC(I)CC(I)CCCc1ccccc1OP(O)OF. The Bertz CT molecular complexity index is 412. The van der Waals surface area contributed by atoms with E-state index in [1.54, 1.807) is 12.1 Å². The average molecular weight is 540 g/mol. The third-order valence-electron chi connectivity index (χ3n) is 3.13. The summed E-state index contributed by atoms with van der Waals surface area (Å²) in [6.07, 6.45) is 5.47. The van der Waals surface area contributed by atoms with Crippen LogP contribution in [0.3, 0.4) is 0 Å². The third kappa shape index (κ3) is 8.25. The van der Waals surface area contributed by atoms with E-state index in [4.69, 9.17) is 9.42 Å². The van der Waals surface area contributed by atoms with E-state index >= 15 is 0 Å². The molecule has 0 fully saturated rings. The van der Waals surface area contributed by atoms with Gasteiger partial charge in [-0.25, -0.2) is 0 Å². The lowest BCUT2D eigenvalue weighted by Crippen LogP contribution is -2.07. The molecule has 1 N–H and O–H groups in total. The zero-order valence-corrected chi connectivity index (χ0v) is 17.1. The van der Waals surface area contributed by atoms with Crippen LogP contribution in [0, 0.1) is 0 Å². The molecule has 3 atom stereocenters. The maximum atomic E-state index is 11.9. The van der Waals surface area contributed by atoms with E-state index in [0.717, 1.165) is 28.8 Å². The molecule has 21 heavy (non-hydrogen) atoms. The van der Waals surface area contributed by atoms with Gasteiger partial charge in [0.2, 0.25) is 0 Å². The summed E-state index contributed by atoms with van der Waals surface area (Å²) in [5.41, 5.74) is 0.973. The zero-order chi connectivity index (χ0) is 15.7. The molecule has 0 aliphatic heterocycles. The minimum absolute atomic E-state index is 0.495. The van der Waals surface area contributed by atoms with Gasteiger partial charge in [-0.05, 0) is 48.3 Å². The van der Waals surface area contributed by atoms with Crippen molar-refractivity contribution in [2.75, 3.05) is 0 Å². The zero-order valence-electron chi connectivity index (χ0n) is 11.8. The molecule has 1 aromatic rings. The molecule has 0 aromatic heterocycles. The summed E-state index contributed by atoms with van der Waals surface area (Å²) in [6.45, 7) is 2.22. The van der Waals surface area contributed by atoms with E-state index in [-0.39, 0.29) is 0 Å². The minimum Gasteiger partial charge on any atom is -0.425 e. The van der Waals surface area contributed by atoms with Crippen LogP contribution in [-0.4, -0.2) is 12.7 Å². The molecule has 120 valence electrons. The number of para-hydroxylation sites is 1. The van der Waals surface area contributed by atoms with Gasteiger partial charge in [0.1, 0.15) is 5.75 Å². The van der Waals surface area contributed by atoms with Gasteiger partial charge in [-0.3, -0.25) is 0 Å². The lowest BCUT2D eigenvalue weighted by atomic mass is 10.0. The molecular formula is C14H20FI2O3P. The van der Waals surface area contributed by atoms with Crippen molar-refractivity contribution >= 4 is 53.8 Å². The van der Waals surface area contributed by atoms with Crippen LogP contribution in [0.5, 0.6) is 5.75 Å². The van der Waals surface area contributed by atoms with E-state index < -0.39 is 8.60 Å². The second-order valence-corrected chi connectivity index (χ2v) is 9.06. The maximum absolute atomic E-state index is 11.9. The highest BCUT2D eigenvalue weighted by atomic mass is 127. The fraction of sp³-hybridized carbons (Fsp3) is 0.571. The monoisotopic (exact) mass is 540 g/mol. The molecule has 0 bridgehead atoms. The van der Waals surface area contributed by atoms with Crippen molar-refractivity contribution in [2.24, 2.45) is 0 Å². The predicted molar refractivity (Wildman–Crippen MR) is 102 cm³/mol. The summed E-state index contributed by atoms with van der Waals surface area (Å²) >= 11 is 5.02. The fourth-order valence-electron chi connectivity index (χ4n) is 1.97. The molecule has 1 rings (SSSR count). The van der Waals surface area contributed by atoms with Gasteiger partial charge in [-0.2, -0.15) is 0 Å². The second kappa shape index (κ2) is 11.3. The molecule has 0 saturated carbocycles. The lowest BCUT2D eigenvalue weighted by molar-refractivity contribution is -0.0178. The highest BCUT2D eigenvalue weighted by molar-refractivity contribution is 14.1. The van der Waals surface area contributed by atoms with Crippen molar-refractivity contribution < 1.29 is 18.7 Å².